The predicted molar refractivity (Wildman–Crippen MR) is 412 cm³/mol. The number of nitrogens with zero attached hydrogens (tertiary/aromatic N) is 20. The zero-order valence-corrected chi connectivity index (χ0v) is 60.7. The van der Waals surface area contributed by atoms with Crippen LogP contribution in [0.1, 0.15) is 74.0 Å². The van der Waals surface area contributed by atoms with Gasteiger partial charge in [-0.15, -0.1) is 25.5 Å². The van der Waals surface area contributed by atoms with Gasteiger partial charge >= 0.3 is 0 Å². The first-order chi connectivity index (χ1) is 52.8. The van der Waals surface area contributed by atoms with Gasteiger partial charge in [0.2, 0.25) is 0 Å². The molecule has 0 fully saturated rings. The third kappa shape index (κ3) is 20.6. The minimum atomic E-state index is -0.149. The van der Waals surface area contributed by atoms with Crippen LogP contribution in [-0.4, -0.2) is 131 Å². The molecule has 0 saturated carbocycles. The van der Waals surface area contributed by atoms with Gasteiger partial charge in [-0.3, -0.25) is 24.0 Å². The second-order valence-corrected chi connectivity index (χ2v) is 24.6. The molecular weight excluding hydrogens is 1380 g/mol. The van der Waals surface area contributed by atoms with Gasteiger partial charge in [0.05, 0.1) is 0 Å². The second kappa shape index (κ2) is 35.9. The Balaban J connectivity index is 0.000000135. The Bertz CT molecular complexity index is 5020. The van der Waals surface area contributed by atoms with Crippen LogP contribution in [0.25, 0.3) is 56.9 Å². The molecule has 30 heteroatoms. The Morgan fingerprint density at radius 1 is 0.229 bits per heavy atom. The van der Waals surface area contributed by atoms with Crippen molar-refractivity contribution in [3.63, 3.8) is 0 Å². The quantitative estimate of drug-likeness (QED) is 0.0636. The van der Waals surface area contributed by atoms with Crippen molar-refractivity contribution in [2.45, 2.75) is 27.7 Å². The Morgan fingerprint density at radius 3 is 0.587 bits per heavy atom. The summed E-state index contributed by atoms with van der Waals surface area (Å²) in [6.45, 7) is 7.94. The summed E-state index contributed by atoms with van der Waals surface area (Å²) in [5.74, 6) is 2.56. The normalized spacial score (nSPS) is 10.4. The number of hydrogen-bond acceptors (Lipinski definition) is 20. The lowest BCUT2D eigenvalue weighted by atomic mass is 10.1. The molecule has 5 heterocycles. The summed E-state index contributed by atoms with van der Waals surface area (Å²) >= 11 is 0. The molecular formula is C79H73N25O5. The number of aryl methyl sites for hydroxylation is 9. The molecule has 0 aliphatic rings. The van der Waals surface area contributed by atoms with E-state index in [2.05, 4.69) is 104 Å². The largest absolute Gasteiger partial charge is 0.322 e. The molecule has 0 aliphatic heterocycles. The van der Waals surface area contributed by atoms with Crippen LogP contribution in [0.4, 0.5) is 28.4 Å². The highest BCUT2D eigenvalue weighted by Gasteiger charge is 2.16. The van der Waals surface area contributed by atoms with E-state index in [1.54, 1.807) is 119 Å². The number of rotatable bonds is 15. The molecule has 30 nitrogen and oxygen atoms in total. The first-order valence-corrected chi connectivity index (χ1v) is 33.8. The molecule has 10 aromatic carbocycles. The maximum Gasteiger partial charge on any atom is 0.255 e. The van der Waals surface area contributed by atoms with Gasteiger partial charge in [0.25, 0.3) is 29.5 Å². The molecule has 5 N–H and O–H groups in total. The number of carbonyl (C=O) groups is 5. The molecule has 109 heavy (non-hydrogen) atoms. The van der Waals surface area contributed by atoms with Crippen molar-refractivity contribution in [1.82, 2.24) is 101 Å². The Labute approximate surface area is 625 Å². The first kappa shape index (κ1) is 75.1. The van der Waals surface area contributed by atoms with Crippen LogP contribution < -0.4 is 26.6 Å². The van der Waals surface area contributed by atoms with Crippen LogP contribution in [0.5, 0.6) is 0 Å². The lowest BCUT2D eigenvalue weighted by molar-refractivity contribution is 0.101. The SMILES string of the molecule is Cc1cccc(NC(=O)c2ccc(-c3nnnn3C)cc2)c1.Cc1cccc(NC(=O)c2ccc(-c3nnnn3C)cc2)c1.Cc1cccc(NC(=O)c2ccc(-c3nnnn3C)cc2)c1.Cc1cccc(NC(=O)c2ccc(-c3nnnn3C)cc2)c1.Cn1nnnc1-c1ccc(C(=O)Nc2ccccc2)cc1. The first-order valence-electron chi connectivity index (χ1n) is 33.8. The van der Waals surface area contributed by atoms with E-state index >= 15 is 0 Å². The van der Waals surface area contributed by atoms with E-state index in [0.717, 1.165) is 78.5 Å². The van der Waals surface area contributed by atoms with Crippen molar-refractivity contribution >= 4 is 58.0 Å². The van der Waals surface area contributed by atoms with Gasteiger partial charge < -0.3 is 26.6 Å². The van der Waals surface area contributed by atoms with Crippen LogP contribution in [0.15, 0.2) is 249 Å². The minimum Gasteiger partial charge on any atom is -0.322 e. The van der Waals surface area contributed by atoms with Crippen LogP contribution in [0, 0.1) is 27.7 Å². The topological polar surface area (TPSA) is 363 Å². The smallest absolute Gasteiger partial charge is 0.255 e. The van der Waals surface area contributed by atoms with E-state index in [0.29, 0.717) is 56.9 Å². The highest BCUT2D eigenvalue weighted by molar-refractivity contribution is 6.07. The van der Waals surface area contributed by atoms with Crippen LogP contribution in [0.2, 0.25) is 0 Å². The minimum absolute atomic E-state index is 0.145. The molecule has 0 spiro atoms. The molecule has 0 atom stereocenters. The van der Waals surface area contributed by atoms with Crippen molar-refractivity contribution in [2.24, 2.45) is 35.2 Å². The maximum atomic E-state index is 12.2. The van der Waals surface area contributed by atoms with E-state index in [1.165, 1.54) is 0 Å². The van der Waals surface area contributed by atoms with Gasteiger partial charge in [0, 0.05) is 119 Å². The van der Waals surface area contributed by atoms with Crippen molar-refractivity contribution in [3.8, 4) is 56.9 Å². The summed E-state index contributed by atoms with van der Waals surface area (Å²) in [5, 5.41) is 71.0. The number of aromatic nitrogens is 20. The average Bonchev–Trinajstić information content (AvgIpc) is 1.75. The molecule has 544 valence electrons. The van der Waals surface area contributed by atoms with Gasteiger partial charge in [-0.2, -0.15) is 0 Å². The molecule has 15 rings (SSSR count). The Kier molecular flexibility index (Phi) is 24.7. The van der Waals surface area contributed by atoms with Crippen molar-refractivity contribution in [3.05, 3.63) is 299 Å². The molecule has 0 bridgehead atoms. The molecule has 15 aromatic rings. The van der Waals surface area contributed by atoms with Crippen LogP contribution in [0.3, 0.4) is 0 Å². The molecule has 0 unspecified atom stereocenters. The predicted octanol–water partition coefficient (Wildman–Crippen LogP) is 11.9. The number of amides is 5. The number of carbonyl (C=O) groups excluding carboxylic acids is 5. The summed E-state index contributed by atoms with van der Waals surface area (Å²) in [4.78, 5) is 61.1. The number of nitrogens with one attached hydrogen (secondary N) is 5. The molecule has 0 radical (unpaired) electrons. The summed E-state index contributed by atoms with van der Waals surface area (Å²) in [7, 11) is 8.86. The fourth-order valence-electron chi connectivity index (χ4n) is 10.7. The van der Waals surface area contributed by atoms with E-state index in [-0.39, 0.29) is 29.5 Å². The lowest BCUT2D eigenvalue weighted by Gasteiger charge is -2.06. The number of benzene rings is 10. The summed E-state index contributed by atoms with van der Waals surface area (Å²) in [6, 6.07) is 76.0. The Hall–Kier alpha value is -15.1. The van der Waals surface area contributed by atoms with Crippen molar-refractivity contribution < 1.29 is 24.0 Å². The van der Waals surface area contributed by atoms with Crippen LogP contribution >= 0.6 is 0 Å². The number of hydrogen-bond donors (Lipinski definition) is 5. The summed E-state index contributed by atoms with van der Waals surface area (Å²) in [6.07, 6.45) is 0. The van der Waals surface area contributed by atoms with Crippen molar-refractivity contribution in [2.75, 3.05) is 26.6 Å². The summed E-state index contributed by atoms with van der Waals surface area (Å²) in [5.41, 5.74) is 15.5. The molecule has 0 aliphatic carbocycles. The number of anilines is 5. The molecule has 5 amide bonds. The highest BCUT2D eigenvalue weighted by Crippen LogP contribution is 2.24. The van der Waals surface area contributed by atoms with Gasteiger partial charge in [0.1, 0.15) is 0 Å². The fourth-order valence-corrected chi connectivity index (χ4v) is 10.7. The van der Waals surface area contributed by atoms with Gasteiger partial charge in [-0.05, 0) is 223 Å². The maximum absolute atomic E-state index is 12.2. The van der Waals surface area contributed by atoms with Gasteiger partial charge in [-0.1, -0.05) is 127 Å². The van der Waals surface area contributed by atoms with Gasteiger partial charge in [0.15, 0.2) is 29.1 Å². The van der Waals surface area contributed by atoms with E-state index in [9.17, 15) is 24.0 Å². The van der Waals surface area contributed by atoms with Crippen LogP contribution in [-0.2, 0) is 35.2 Å². The van der Waals surface area contributed by atoms with Crippen molar-refractivity contribution in [1.29, 1.82) is 0 Å². The number of para-hydroxylation sites is 1. The molecule has 0 saturated heterocycles. The number of tetrazole rings is 5. The van der Waals surface area contributed by atoms with E-state index in [1.807, 2.05) is 216 Å². The second-order valence-electron chi connectivity index (χ2n) is 24.6. The standard InChI is InChI=1S/4C16H15N5O.C15H13N5O/c4*1-11-4-3-5-14(10-11)17-16(22)13-8-6-12(7-9-13)15-18-19-20-21(15)2;1-20-14(17-18-19-20)11-7-9-12(10-8-11)15(21)16-13-5-3-2-4-6-13/h4*3-10H,1-2H3,(H,17,22);2-10H,1H3,(H,16,21). The zero-order valence-electron chi connectivity index (χ0n) is 60.7. The highest BCUT2D eigenvalue weighted by atomic mass is 16.2. The monoisotopic (exact) mass is 1450 g/mol. The third-order valence-electron chi connectivity index (χ3n) is 16.3. The third-order valence-corrected chi connectivity index (χ3v) is 16.3. The average molecular weight is 1450 g/mol. The molecule has 5 aromatic heterocycles. The summed E-state index contributed by atoms with van der Waals surface area (Å²) < 4.78 is 7.92. The fraction of sp³-hybridized carbons (Fsp3) is 0.114. The zero-order chi connectivity index (χ0) is 76.8. The van der Waals surface area contributed by atoms with E-state index < -0.39 is 0 Å². The van der Waals surface area contributed by atoms with Gasteiger partial charge in [-0.25, -0.2) is 23.4 Å². The Morgan fingerprint density at radius 2 is 0.413 bits per heavy atom. The lowest BCUT2D eigenvalue weighted by Crippen LogP contribution is -2.11. The van der Waals surface area contributed by atoms with E-state index in [4.69, 9.17) is 0 Å².